The van der Waals surface area contributed by atoms with Crippen LogP contribution in [-0.4, -0.2) is 37.6 Å². The Morgan fingerprint density at radius 2 is 2.22 bits per heavy atom. The van der Waals surface area contributed by atoms with Crippen LogP contribution in [0.25, 0.3) is 0 Å². The summed E-state index contributed by atoms with van der Waals surface area (Å²) in [5.41, 5.74) is 5.99. The summed E-state index contributed by atoms with van der Waals surface area (Å²) >= 11 is 0. The number of nitrogen functional groups attached to an aromatic ring is 1. The lowest BCUT2D eigenvalue weighted by molar-refractivity contribution is 0.0685. The minimum atomic E-state index is 0.0105. The number of hydrogen-bond acceptors (Lipinski definition) is 4. The van der Waals surface area contributed by atoms with Gasteiger partial charge in [-0.15, -0.1) is 0 Å². The first kappa shape index (κ1) is 12.8. The zero-order valence-corrected chi connectivity index (χ0v) is 10.7. The van der Waals surface area contributed by atoms with Crippen molar-refractivity contribution in [1.82, 2.24) is 4.98 Å². The summed E-state index contributed by atoms with van der Waals surface area (Å²) in [5.74, 6) is 1.54. The van der Waals surface area contributed by atoms with Crippen LogP contribution in [0.5, 0.6) is 0 Å². The van der Waals surface area contributed by atoms with Gasteiger partial charge in [-0.25, -0.2) is 4.98 Å². The summed E-state index contributed by atoms with van der Waals surface area (Å²) in [5, 5.41) is 7.41. The summed E-state index contributed by atoms with van der Waals surface area (Å²) in [6.07, 6.45) is 2.22. The minimum Gasteiger partial charge on any atom is -0.382 e. The third-order valence-corrected chi connectivity index (χ3v) is 3.27. The molecule has 1 aliphatic rings. The maximum atomic E-state index is 7.41. The number of nitrogens with two attached hydrogens (primary N) is 1. The van der Waals surface area contributed by atoms with Crippen molar-refractivity contribution in [3.8, 4) is 0 Å². The number of aromatic nitrogens is 1. The predicted octanol–water partition coefficient (Wildman–Crippen LogP) is 1.23. The molecule has 1 saturated heterocycles. The van der Waals surface area contributed by atoms with Gasteiger partial charge in [-0.05, 0) is 30.9 Å². The van der Waals surface area contributed by atoms with Gasteiger partial charge in [0.1, 0.15) is 17.3 Å². The molecule has 5 nitrogen and oxygen atoms in total. The number of nitrogens with zero attached hydrogens (tertiary/aromatic N) is 2. The molecule has 98 valence electrons. The van der Waals surface area contributed by atoms with Gasteiger partial charge in [0.2, 0.25) is 0 Å². The van der Waals surface area contributed by atoms with E-state index in [-0.39, 0.29) is 5.84 Å². The molecule has 2 rings (SSSR count). The first-order valence-electron chi connectivity index (χ1n) is 6.27. The number of hydrogen-bond donors (Lipinski definition) is 2. The Balaban J connectivity index is 2.01. The number of amidine groups is 1. The van der Waals surface area contributed by atoms with E-state index in [1.165, 1.54) is 0 Å². The fourth-order valence-electron chi connectivity index (χ4n) is 2.20. The van der Waals surface area contributed by atoms with E-state index in [0.29, 0.717) is 11.6 Å². The van der Waals surface area contributed by atoms with Crippen LogP contribution in [0.4, 0.5) is 5.82 Å². The lowest BCUT2D eigenvalue weighted by atomic mass is 10.00. The fourth-order valence-corrected chi connectivity index (χ4v) is 2.20. The Morgan fingerprint density at radius 3 is 2.89 bits per heavy atom. The number of ether oxygens (including phenoxy) is 1. The van der Waals surface area contributed by atoms with E-state index in [1.54, 1.807) is 6.07 Å². The maximum Gasteiger partial charge on any atom is 0.141 e. The van der Waals surface area contributed by atoms with Crippen molar-refractivity contribution in [1.29, 1.82) is 5.41 Å². The first-order chi connectivity index (χ1) is 8.66. The van der Waals surface area contributed by atoms with Crippen molar-refractivity contribution in [2.45, 2.75) is 12.8 Å². The lowest BCUT2D eigenvalue weighted by Gasteiger charge is -2.27. The fraction of sp³-hybridized carbons (Fsp3) is 0.538. The Bertz CT molecular complexity index is 415. The van der Waals surface area contributed by atoms with Gasteiger partial charge >= 0.3 is 0 Å². The largest absolute Gasteiger partial charge is 0.382 e. The molecule has 2 heterocycles. The van der Waals surface area contributed by atoms with Crippen molar-refractivity contribution in [2.24, 2.45) is 11.7 Å². The number of nitrogens with one attached hydrogen (secondary N) is 1. The third-order valence-electron chi connectivity index (χ3n) is 3.27. The van der Waals surface area contributed by atoms with Gasteiger partial charge in [0, 0.05) is 26.8 Å². The molecule has 0 aromatic carbocycles. The summed E-state index contributed by atoms with van der Waals surface area (Å²) in [6.45, 7) is 2.69. The molecule has 0 aliphatic carbocycles. The Kier molecular flexibility index (Phi) is 4.15. The normalized spacial score (nSPS) is 16.5. The smallest absolute Gasteiger partial charge is 0.141 e. The monoisotopic (exact) mass is 248 g/mol. The highest BCUT2D eigenvalue weighted by Crippen LogP contribution is 2.18. The molecule has 0 atom stereocenters. The van der Waals surface area contributed by atoms with E-state index < -0.39 is 0 Å². The molecule has 18 heavy (non-hydrogen) atoms. The molecule has 0 saturated carbocycles. The predicted molar refractivity (Wildman–Crippen MR) is 72.1 cm³/mol. The van der Waals surface area contributed by atoms with Crippen LogP contribution in [0.2, 0.25) is 0 Å². The Labute approximate surface area is 107 Å². The summed E-state index contributed by atoms with van der Waals surface area (Å²) in [4.78, 5) is 6.51. The maximum absolute atomic E-state index is 7.41. The van der Waals surface area contributed by atoms with E-state index in [0.717, 1.165) is 38.4 Å². The molecule has 0 amide bonds. The average Bonchev–Trinajstić information content (AvgIpc) is 2.40. The van der Waals surface area contributed by atoms with Gasteiger partial charge in [-0.1, -0.05) is 6.07 Å². The summed E-state index contributed by atoms with van der Waals surface area (Å²) in [6, 6.07) is 5.60. The highest BCUT2D eigenvalue weighted by Gasteiger charge is 2.16. The van der Waals surface area contributed by atoms with Gasteiger partial charge in [-0.3, -0.25) is 5.41 Å². The van der Waals surface area contributed by atoms with E-state index in [1.807, 2.05) is 19.2 Å². The van der Waals surface area contributed by atoms with E-state index >= 15 is 0 Å². The van der Waals surface area contributed by atoms with Gasteiger partial charge in [0.15, 0.2) is 0 Å². The highest BCUT2D eigenvalue weighted by molar-refractivity contribution is 5.93. The molecule has 1 aromatic rings. The molecule has 0 radical (unpaired) electrons. The zero-order valence-electron chi connectivity index (χ0n) is 10.7. The van der Waals surface area contributed by atoms with Gasteiger partial charge in [0.05, 0.1) is 0 Å². The van der Waals surface area contributed by atoms with Crippen molar-refractivity contribution >= 4 is 11.7 Å². The van der Waals surface area contributed by atoms with Crippen LogP contribution in [0.3, 0.4) is 0 Å². The van der Waals surface area contributed by atoms with Gasteiger partial charge in [0.25, 0.3) is 0 Å². The van der Waals surface area contributed by atoms with Crippen LogP contribution < -0.4 is 10.6 Å². The molecule has 3 N–H and O–H groups in total. The standard InChI is InChI=1S/C13H20N4O/c1-17(9-10-5-7-18-8-6-10)12-4-2-3-11(16-12)13(14)15/h2-4,10H,5-9H2,1H3,(H3,14,15). The van der Waals surface area contributed by atoms with E-state index in [2.05, 4.69) is 9.88 Å². The van der Waals surface area contributed by atoms with Crippen LogP contribution in [0, 0.1) is 11.3 Å². The topological polar surface area (TPSA) is 75.2 Å². The number of rotatable bonds is 4. The third kappa shape index (κ3) is 3.20. The quantitative estimate of drug-likeness (QED) is 0.620. The van der Waals surface area contributed by atoms with E-state index in [4.69, 9.17) is 15.9 Å². The molecule has 5 heteroatoms. The summed E-state index contributed by atoms with van der Waals surface area (Å²) < 4.78 is 5.36. The Morgan fingerprint density at radius 1 is 1.50 bits per heavy atom. The minimum absolute atomic E-state index is 0.0105. The van der Waals surface area contributed by atoms with E-state index in [9.17, 15) is 0 Å². The second kappa shape index (κ2) is 5.82. The van der Waals surface area contributed by atoms with Crippen LogP contribution >= 0.6 is 0 Å². The van der Waals surface area contributed by atoms with Crippen molar-refractivity contribution in [3.63, 3.8) is 0 Å². The van der Waals surface area contributed by atoms with Gasteiger partial charge < -0.3 is 15.4 Å². The second-order valence-electron chi connectivity index (χ2n) is 4.73. The molecule has 1 aromatic heterocycles. The molecular weight excluding hydrogens is 228 g/mol. The second-order valence-corrected chi connectivity index (χ2v) is 4.73. The molecular formula is C13H20N4O. The highest BCUT2D eigenvalue weighted by atomic mass is 16.5. The van der Waals surface area contributed by atoms with Crippen molar-refractivity contribution < 1.29 is 4.74 Å². The van der Waals surface area contributed by atoms with Crippen molar-refractivity contribution in [2.75, 3.05) is 31.7 Å². The van der Waals surface area contributed by atoms with Crippen LogP contribution in [0.1, 0.15) is 18.5 Å². The molecule has 1 fully saturated rings. The number of pyridine rings is 1. The Hall–Kier alpha value is -1.62. The van der Waals surface area contributed by atoms with Crippen molar-refractivity contribution in [3.05, 3.63) is 23.9 Å². The SMILES string of the molecule is CN(CC1CCOCC1)c1cccc(C(=N)N)n1. The number of anilines is 1. The molecule has 0 bridgehead atoms. The van der Waals surface area contributed by atoms with Crippen LogP contribution in [0.15, 0.2) is 18.2 Å². The molecule has 0 unspecified atom stereocenters. The molecule has 0 spiro atoms. The van der Waals surface area contributed by atoms with Gasteiger partial charge in [-0.2, -0.15) is 0 Å². The average molecular weight is 248 g/mol. The van der Waals surface area contributed by atoms with Crippen LogP contribution in [-0.2, 0) is 4.74 Å². The lowest BCUT2D eigenvalue weighted by Crippen LogP contribution is -2.30. The zero-order chi connectivity index (χ0) is 13.0. The summed E-state index contributed by atoms with van der Waals surface area (Å²) in [7, 11) is 2.03. The molecule has 1 aliphatic heterocycles. The first-order valence-corrected chi connectivity index (χ1v) is 6.27.